The van der Waals surface area contributed by atoms with Gasteiger partial charge in [-0.1, -0.05) is 36.4 Å². The summed E-state index contributed by atoms with van der Waals surface area (Å²) < 4.78 is 26.3. The Morgan fingerprint density at radius 2 is 1.09 bits per heavy atom. The van der Waals surface area contributed by atoms with Crippen LogP contribution in [-0.2, 0) is 18.9 Å². The second-order valence-corrected chi connectivity index (χ2v) is 10.9. The summed E-state index contributed by atoms with van der Waals surface area (Å²) in [5.41, 5.74) is 0. The molecule has 0 N–H and O–H groups in total. The van der Waals surface area contributed by atoms with Gasteiger partial charge in [0, 0.05) is 34.1 Å². The maximum atomic E-state index is 6.74. The van der Waals surface area contributed by atoms with E-state index in [0.717, 1.165) is 50.0 Å². The molecule has 3 aliphatic heterocycles. The standard InChI is InChI=1S/C26H32O4S2/c1-3-11-23(12-4-1)31-19-21-9-7-15-25(29-21)26(28-18-17-27-25)16-8-10-22(30-26)20-32-24-13-5-2-6-14-24/h1-6,11-14,21-22H,7-10,15-20H2/t21-,22-,25+,26+/m1/s1. The van der Waals surface area contributed by atoms with Gasteiger partial charge in [0.05, 0.1) is 25.4 Å². The molecule has 0 saturated carbocycles. The third kappa shape index (κ3) is 5.06. The first-order chi connectivity index (χ1) is 15.8. The molecule has 3 fully saturated rings. The number of hydrogen-bond donors (Lipinski definition) is 0. The summed E-state index contributed by atoms with van der Waals surface area (Å²) >= 11 is 3.70. The van der Waals surface area contributed by atoms with Crippen LogP contribution in [-0.4, -0.2) is 48.5 Å². The van der Waals surface area contributed by atoms with E-state index in [9.17, 15) is 0 Å². The number of fused-ring (bicyclic) bond motifs is 1. The number of benzene rings is 2. The fourth-order valence-electron chi connectivity index (χ4n) is 4.95. The Balaban J connectivity index is 1.26. The monoisotopic (exact) mass is 472 g/mol. The van der Waals surface area contributed by atoms with E-state index in [1.165, 1.54) is 9.79 Å². The van der Waals surface area contributed by atoms with Crippen LogP contribution in [0.15, 0.2) is 70.5 Å². The molecule has 0 unspecified atom stereocenters. The van der Waals surface area contributed by atoms with Crippen LogP contribution in [0.2, 0.25) is 0 Å². The highest BCUT2D eigenvalue weighted by Gasteiger charge is 2.61. The lowest BCUT2D eigenvalue weighted by atomic mass is 9.87. The van der Waals surface area contributed by atoms with Crippen LogP contribution in [0.3, 0.4) is 0 Å². The summed E-state index contributed by atoms with van der Waals surface area (Å²) in [6.07, 6.45) is 6.17. The average Bonchev–Trinajstić information content (AvgIpc) is 2.85. The van der Waals surface area contributed by atoms with Gasteiger partial charge in [-0.05, 0) is 49.9 Å². The average molecular weight is 473 g/mol. The van der Waals surface area contributed by atoms with Crippen molar-refractivity contribution in [3.63, 3.8) is 0 Å². The highest BCUT2D eigenvalue weighted by atomic mass is 32.2. The molecule has 4 nitrogen and oxygen atoms in total. The van der Waals surface area contributed by atoms with Gasteiger partial charge in [0.1, 0.15) is 0 Å². The third-order valence-corrected chi connectivity index (χ3v) is 8.76. The van der Waals surface area contributed by atoms with Gasteiger partial charge in [-0.3, -0.25) is 0 Å². The minimum atomic E-state index is -0.790. The van der Waals surface area contributed by atoms with E-state index < -0.39 is 11.6 Å². The van der Waals surface area contributed by atoms with Crippen molar-refractivity contribution in [2.24, 2.45) is 0 Å². The lowest BCUT2D eigenvalue weighted by Crippen LogP contribution is -2.68. The summed E-state index contributed by atoms with van der Waals surface area (Å²) in [5, 5.41) is 0. The molecule has 2 aromatic rings. The zero-order valence-electron chi connectivity index (χ0n) is 18.4. The molecule has 3 heterocycles. The SMILES string of the molecule is c1ccc(SC[C@H]2CCC[C@]3(OCCO[C@]34CCC[C@H](CSc3ccccc3)O4)O2)cc1. The van der Waals surface area contributed by atoms with Gasteiger partial charge in [0.2, 0.25) is 11.6 Å². The Bertz CT molecular complexity index is 772. The molecule has 32 heavy (non-hydrogen) atoms. The molecule has 4 atom stereocenters. The summed E-state index contributed by atoms with van der Waals surface area (Å²) in [6.45, 7) is 1.13. The fourth-order valence-corrected chi connectivity index (χ4v) is 6.88. The fraction of sp³-hybridized carbons (Fsp3) is 0.538. The molecule has 0 aromatic heterocycles. The molecule has 5 rings (SSSR count). The lowest BCUT2D eigenvalue weighted by Gasteiger charge is -2.56. The second-order valence-electron chi connectivity index (χ2n) is 8.72. The molecule has 0 bridgehead atoms. The third-order valence-electron chi connectivity index (χ3n) is 6.47. The van der Waals surface area contributed by atoms with Crippen molar-refractivity contribution in [2.45, 2.75) is 72.1 Å². The van der Waals surface area contributed by atoms with Gasteiger partial charge in [-0.2, -0.15) is 0 Å². The van der Waals surface area contributed by atoms with Gasteiger partial charge >= 0.3 is 0 Å². The van der Waals surface area contributed by atoms with E-state index in [-0.39, 0.29) is 12.2 Å². The van der Waals surface area contributed by atoms with Crippen LogP contribution < -0.4 is 0 Å². The molecule has 0 radical (unpaired) electrons. The van der Waals surface area contributed by atoms with E-state index in [1.807, 2.05) is 23.5 Å². The highest BCUT2D eigenvalue weighted by Crippen LogP contribution is 2.49. The maximum absolute atomic E-state index is 6.74. The first-order valence-corrected chi connectivity index (χ1v) is 13.7. The Hall–Kier alpha value is -1.02. The molecule has 2 spiro atoms. The normalized spacial score (nSPS) is 32.9. The summed E-state index contributed by atoms with van der Waals surface area (Å²) in [4.78, 5) is 2.55. The molecule has 172 valence electrons. The van der Waals surface area contributed by atoms with Crippen molar-refractivity contribution in [3.8, 4) is 0 Å². The van der Waals surface area contributed by atoms with E-state index in [2.05, 4.69) is 60.7 Å². The number of hydrogen-bond acceptors (Lipinski definition) is 6. The second kappa shape index (κ2) is 10.5. The van der Waals surface area contributed by atoms with Crippen molar-refractivity contribution in [1.82, 2.24) is 0 Å². The van der Waals surface area contributed by atoms with Crippen molar-refractivity contribution in [1.29, 1.82) is 0 Å². The van der Waals surface area contributed by atoms with Crippen LogP contribution in [0.4, 0.5) is 0 Å². The van der Waals surface area contributed by atoms with E-state index in [0.29, 0.717) is 13.2 Å². The number of thioether (sulfide) groups is 2. The topological polar surface area (TPSA) is 36.9 Å². The molecule has 3 aliphatic rings. The van der Waals surface area contributed by atoms with Gasteiger partial charge in [0.25, 0.3) is 0 Å². The highest BCUT2D eigenvalue weighted by molar-refractivity contribution is 7.99. The minimum Gasteiger partial charge on any atom is -0.343 e. The first kappa shape index (κ1) is 22.8. The first-order valence-electron chi connectivity index (χ1n) is 11.8. The van der Waals surface area contributed by atoms with E-state index in [4.69, 9.17) is 18.9 Å². The molecule has 6 heteroatoms. The summed E-state index contributed by atoms with van der Waals surface area (Å²) in [7, 11) is 0. The molecule has 0 amide bonds. The van der Waals surface area contributed by atoms with E-state index >= 15 is 0 Å². The van der Waals surface area contributed by atoms with Crippen LogP contribution >= 0.6 is 23.5 Å². The Morgan fingerprint density at radius 3 is 1.53 bits per heavy atom. The molecular formula is C26H32O4S2. The Morgan fingerprint density at radius 1 is 0.656 bits per heavy atom. The van der Waals surface area contributed by atoms with E-state index in [1.54, 1.807) is 0 Å². The van der Waals surface area contributed by atoms with Crippen LogP contribution in [0.25, 0.3) is 0 Å². The summed E-state index contributed by atoms with van der Waals surface area (Å²) in [6, 6.07) is 21.1. The maximum Gasteiger partial charge on any atom is 0.224 e. The lowest BCUT2D eigenvalue weighted by molar-refractivity contribution is -0.466. The van der Waals surface area contributed by atoms with Crippen molar-refractivity contribution in [2.75, 3.05) is 24.7 Å². The predicted molar refractivity (Wildman–Crippen MR) is 129 cm³/mol. The quantitative estimate of drug-likeness (QED) is 0.470. The van der Waals surface area contributed by atoms with Gasteiger partial charge in [0.15, 0.2) is 0 Å². The van der Waals surface area contributed by atoms with Gasteiger partial charge < -0.3 is 18.9 Å². The van der Waals surface area contributed by atoms with Crippen LogP contribution in [0.5, 0.6) is 0 Å². The smallest absolute Gasteiger partial charge is 0.224 e. The van der Waals surface area contributed by atoms with Crippen molar-refractivity contribution >= 4 is 23.5 Å². The minimum absolute atomic E-state index is 0.134. The van der Waals surface area contributed by atoms with Crippen LogP contribution in [0, 0.1) is 0 Å². The number of rotatable bonds is 6. The largest absolute Gasteiger partial charge is 0.343 e. The predicted octanol–water partition coefficient (Wildman–Crippen LogP) is 6.15. The molecule has 3 saturated heterocycles. The van der Waals surface area contributed by atoms with Crippen LogP contribution in [0.1, 0.15) is 38.5 Å². The molecular weight excluding hydrogens is 440 g/mol. The zero-order chi connectivity index (χ0) is 21.7. The summed E-state index contributed by atoms with van der Waals surface area (Å²) in [5.74, 6) is 0.250. The van der Waals surface area contributed by atoms with Gasteiger partial charge in [-0.25, -0.2) is 0 Å². The van der Waals surface area contributed by atoms with Crippen molar-refractivity contribution in [3.05, 3.63) is 60.7 Å². The Kier molecular flexibility index (Phi) is 7.46. The molecule has 2 aromatic carbocycles. The van der Waals surface area contributed by atoms with Gasteiger partial charge in [-0.15, -0.1) is 23.5 Å². The molecule has 0 aliphatic carbocycles. The Labute approximate surface area is 199 Å². The number of ether oxygens (including phenoxy) is 4. The zero-order valence-corrected chi connectivity index (χ0v) is 20.1. The van der Waals surface area contributed by atoms with Crippen molar-refractivity contribution < 1.29 is 18.9 Å².